The number of carboxylic acid groups (broad SMARTS) is 4. The van der Waals surface area contributed by atoms with Gasteiger partial charge in [-0.2, -0.15) is 0 Å². The molecule has 6 N–H and O–H groups in total. The van der Waals surface area contributed by atoms with Gasteiger partial charge in [0.25, 0.3) is 1.45 Å². The maximum Gasteiger partial charge on any atom is 0.371 e. The van der Waals surface area contributed by atoms with Gasteiger partial charge in [0, 0.05) is 0 Å². The highest BCUT2D eigenvalue weighted by Crippen LogP contribution is 2.08. The average Bonchev–Trinajstić information content (AvgIpc) is 3.99. The van der Waals surface area contributed by atoms with E-state index in [9.17, 15) is 38.4 Å². The van der Waals surface area contributed by atoms with Crippen LogP contribution >= 0.6 is 0 Å². The van der Waals surface area contributed by atoms with Gasteiger partial charge in [0.15, 0.2) is 48.2 Å². The molecule has 0 saturated carbocycles. The third-order valence-corrected chi connectivity index (χ3v) is 4.84. The molecular formula is C32H34F2O19. The molecule has 0 radical (unpaired) electrons. The first-order valence-electron chi connectivity index (χ1n) is 13.1. The molecule has 0 aliphatic rings. The van der Waals surface area contributed by atoms with Gasteiger partial charge in [-0.25, -0.2) is 19.2 Å². The van der Waals surface area contributed by atoms with Gasteiger partial charge in [-0.15, -0.1) is 0 Å². The molecule has 0 amide bonds. The summed E-state index contributed by atoms with van der Waals surface area (Å²) < 4.78 is 36.0. The Morgan fingerprint density at radius 1 is 0.453 bits per heavy atom. The predicted molar refractivity (Wildman–Crippen MR) is 173 cm³/mol. The zero-order chi connectivity index (χ0) is 38.9. The van der Waals surface area contributed by atoms with Gasteiger partial charge in [-0.1, -0.05) is 14.9 Å². The third kappa shape index (κ3) is 18.9. The number of carboxylic acids is 4. The summed E-state index contributed by atoms with van der Waals surface area (Å²) in [6, 6.07) is 13.4. The first-order valence-corrected chi connectivity index (χ1v) is 12.7. The lowest BCUT2D eigenvalue weighted by Gasteiger charge is -1.85. The van der Waals surface area contributed by atoms with Crippen molar-refractivity contribution in [3.63, 3.8) is 0 Å². The van der Waals surface area contributed by atoms with Crippen molar-refractivity contribution in [3.05, 3.63) is 118 Å². The zero-order valence-electron chi connectivity index (χ0n) is 26.3. The van der Waals surface area contributed by atoms with Crippen LogP contribution in [0.4, 0.5) is 9.42 Å². The van der Waals surface area contributed by atoms with Crippen molar-refractivity contribution in [1.29, 1.82) is 1.45 Å². The molecular weight excluding hydrogens is 726 g/mol. The van der Waals surface area contributed by atoms with Crippen LogP contribution in [0.1, 0.15) is 111 Å². The second kappa shape index (κ2) is 27.5. The lowest BCUT2D eigenvalue weighted by atomic mass is 10.4. The van der Waals surface area contributed by atoms with Crippen LogP contribution in [0.2, 0.25) is 0 Å². The summed E-state index contributed by atoms with van der Waals surface area (Å²) in [5.41, 5.74) is 0. The van der Waals surface area contributed by atoms with Crippen LogP contribution in [0.25, 0.3) is 0 Å². The Hall–Kier alpha value is -7.26. The molecule has 53 heavy (non-hydrogen) atoms. The quantitative estimate of drug-likeness (QED) is 0.102. The summed E-state index contributed by atoms with van der Waals surface area (Å²) in [5, 5.41) is 50.1. The van der Waals surface area contributed by atoms with E-state index >= 15 is 0 Å². The first-order chi connectivity index (χ1) is 24.3. The highest BCUT2D eigenvalue weighted by atomic mass is 19.0. The smallest absolute Gasteiger partial charge is 0.371 e. The van der Waals surface area contributed by atoms with Gasteiger partial charge in [0.05, 0.1) is 0 Å². The average molecular weight is 762 g/mol. The van der Waals surface area contributed by atoms with Crippen LogP contribution in [-0.2, 0) is 13.2 Å². The minimum Gasteiger partial charge on any atom is -0.475 e. The predicted octanol–water partition coefficient (Wildman–Crippen LogP) is 5.00. The highest BCUT2D eigenvalue weighted by molar-refractivity contribution is 5.89. The van der Waals surface area contributed by atoms with E-state index in [0.717, 1.165) is 12.1 Å². The number of carbonyl (C=O) groups is 8. The normalized spacial score (nSPS) is 8.77. The molecule has 19 nitrogen and oxygen atoms in total. The second-order valence-corrected chi connectivity index (χ2v) is 8.18. The van der Waals surface area contributed by atoms with Crippen LogP contribution < -0.4 is 0 Å². The molecule has 5 heterocycles. The van der Waals surface area contributed by atoms with Crippen molar-refractivity contribution >= 4 is 49.0 Å². The van der Waals surface area contributed by atoms with E-state index in [1.807, 2.05) is 0 Å². The number of aldehydes is 4. The fraction of sp³-hybridized carbons (Fsp3) is 0.125. The van der Waals surface area contributed by atoms with Crippen molar-refractivity contribution in [2.24, 2.45) is 0 Å². The Bertz CT molecular complexity index is 1810. The maximum absolute atomic E-state index is 10.2. The molecule has 5 rings (SSSR count). The van der Waals surface area contributed by atoms with Gasteiger partial charge in [-0.3, -0.25) is 28.6 Å². The third-order valence-electron chi connectivity index (χ3n) is 4.84. The van der Waals surface area contributed by atoms with Gasteiger partial charge < -0.3 is 52.7 Å². The van der Waals surface area contributed by atoms with E-state index in [0.29, 0.717) is 30.9 Å². The van der Waals surface area contributed by atoms with E-state index in [-0.39, 0.29) is 84.6 Å². The number of hydrogen-bond donors (Lipinski definition) is 6. The molecule has 0 fully saturated rings. The Morgan fingerprint density at radius 2 is 0.717 bits per heavy atom. The zero-order valence-corrected chi connectivity index (χ0v) is 25.3. The van der Waals surface area contributed by atoms with Crippen LogP contribution in [0.15, 0.2) is 82.7 Å². The number of hydrogen-bond acceptors (Lipinski definition) is 15. The molecule has 5 aromatic rings. The molecule has 290 valence electrons. The number of halogens is 2. The summed E-state index contributed by atoms with van der Waals surface area (Å²) in [6.07, 6.45) is 2.14. The number of carbonyl (C=O) groups excluding carboxylic acids is 4. The standard InChI is InChI=1S/C6H4O5.C6H6O4.C6H4O4.C6H6O3.C6H4O3.2CH4.2FH/c7-5(8)3-1-2-4(11-3)6(9)10;2*7-3-4-1-2-5(10-4)6(8)9;2*7-3-5-1-2-6(4-8)9-5;;;;/h1-2H,(H,7,8)(H,9,10);1-2,7H,3H2,(H,8,9);1-3H,(H,8,9);1-3,8H,4H2;1-4H;2*1H4;2*1H/i/hD. The summed E-state index contributed by atoms with van der Waals surface area (Å²) in [5.74, 6) is -4.67. The van der Waals surface area contributed by atoms with Crippen LogP contribution in [0, 0.1) is 0 Å². The molecule has 0 spiro atoms. The molecule has 21 heteroatoms. The van der Waals surface area contributed by atoms with Crippen LogP contribution in [0.5, 0.6) is 0 Å². The van der Waals surface area contributed by atoms with E-state index < -0.39 is 23.9 Å². The topological polar surface area (TPSA) is 324 Å². The van der Waals surface area contributed by atoms with E-state index in [4.69, 9.17) is 39.8 Å². The minimum atomic E-state index is -1.28. The molecule has 0 aliphatic heterocycles. The summed E-state index contributed by atoms with van der Waals surface area (Å²) in [6.45, 7) is -0.429. The first kappa shape index (κ1) is 50.1. The van der Waals surface area contributed by atoms with E-state index in [1.165, 1.54) is 42.5 Å². The number of rotatable bonds is 10. The minimum absolute atomic E-state index is 0. The summed E-state index contributed by atoms with van der Waals surface area (Å²) >= 11 is 0. The van der Waals surface area contributed by atoms with Gasteiger partial charge >= 0.3 is 23.9 Å². The lowest BCUT2D eigenvalue weighted by Crippen LogP contribution is -1.94. The van der Waals surface area contributed by atoms with Crippen molar-refractivity contribution in [2.75, 3.05) is 0 Å². The fourth-order valence-electron chi connectivity index (χ4n) is 2.71. The Labute approximate surface area is 297 Å². The molecule has 5 aromatic heterocycles. The van der Waals surface area contributed by atoms with Crippen molar-refractivity contribution in [2.45, 2.75) is 28.1 Å². The number of aliphatic hydroxyl groups is 2. The Morgan fingerprint density at radius 3 is 0.962 bits per heavy atom. The number of aliphatic hydroxyl groups excluding tert-OH is 2. The molecule has 0 saturated heterocycles. The van der Waals surface area contributed by atoms with Crippen molar-refractivity contribution < 1.29 is 101 Å². The summed E-state index contributed by atoms with van der Waals surface area (Å²) in [7, 11) is 0. The maximum atomic E-state index is 10.2. The molecule has 0 aromatic carbocycles. The second-order valence-electron chi connectivity index (χ2n) is 8.18. The molecule has 0 aliphatic carbocycles. The van der Waals surface area contributed by atoms with Crippen LogP contribution in [-0.4, -0.2) is 81.1 Å². The van der Waals surface area contributed by atoms with Crippen LogP contribution in [0.3, 0.4) is 0 Å². The monoisotopic (exact) mass is 761 g/mol. The van der Waals surface area contributed by atoms with Gasteiger partial charge in [-0.05, 0) is 60.7 Å². The number of furan rings is 5. The van der Waals surface area contributed by atoms with Gasteiger partial charge in [0.1, 0.15) is 24.7 Å². The Kier molecular flexibility index (Phi) is 26.1. The largest absolute Gasteiger partial charge is 0.475 e. The van der Waals surface area contributed by atoms with Gasteiger partial charge in [0.2, 0.25) is 23.0 Å². The lowest BCUT2D eigenvalue weighted by molar-refractivity contribution is 0.0622. The molecule has 0 unspecified atom stereocenters. The van der Waals surface area contributed by atoms with E-state index in [1.54, 1.807) is 6.07 Å². The number of aromatic carboxylic acids is 4. The SMILES string of the molecule is C.C.F.O=C(O)c1ccc(C(=O)O)o1.O=C(O)c1ccc(CO)o1.O=Cc1ccc(C(=O)O)o1.O=Cc1ccc(C=O)o1.O=Cc1ccc(CO)o1.[2H]F. The van der Waals surface area contributed by atoms with Crippen molar-refractivity contribution in [3.8, 4) is 0 Å². The fourth-order valence-corrected chi connectivity index (χ4v) is 2.71. The molecule has 0 bridgehead atoms. The van der Waals surface area contributed by atoms with E-state index in [2.05, 4.69) is 19.1 Å². The Balaban J connectivity index is -0.000000282. The van der Waals surface area contributed by atoms with Crippen molar-refractivity contribution in [1.82, 2.24) is 0 Å². The highest BCUT2D eigenvalue weighted by Gasteiger charge is 2.13. The summed E-state index contributed by atoms with van der Waals surface area (Å²) in [4.78, 5) is 80.3. The molecule has 0 atom stereocenters.